The first-order valence-corrected chi connectivity index (χ1v) is 9.28. The number of urea groups is 1. The Morgan fingerprint density at radius 2 is 2.17 bits per heavy atom. The molecule has 1 aliphatic heterocycles. The number of anilines is 1. The van der Waals surface area contributed by atoms with Gasteiger partial charge in [0.1, 0.15) is 0 Å². The summed E-state index contributed by atoms with van der Waals surface area (Å²) in [6, 6.07) is 9.99. The minimum atomic E-state index is -0.0592. The molecule has 1 aliphatic rings. The second kappa shape index (κ2) is 7.37. The highest BCUT2D eigenvalue weighted by Gasteiger charge is 2.27. The van der Waals surface area contributed by atoms with Crippen LogP contribution in [0.4, 0.5) is 10.5 Å². The van der Waals surface area contributed by atoms with Crippen LogP contribution in [-0.4, -0.2) is 17.5 Å². The summed E-state index contributed by atoms with van der Waals surface area (Å²) in [7, 11) is 0. The Hall–Kier alpha value is -1.52. The minimum Gasteiger partial charge on any atom is -0.317 e. The summed E-state index contributed by atoms with van der Waals surface area (Å²) < 4.78 is 0. The molecular formula is C18H21ClN2OS. The molecule has 1 saturated heterocycles. The van der Waals surface area contributed by atoms with Crippen LogP contribution in [0.15, 0.2) is 35.7 Å². The van der Waals surface area contributed by atoms with Crippen LogP contribution in [0, 0.1) is 6.92 Å². The molecular weight excluding hydrogens is 328 g/mol. The zero-order valence-electron chi connectivity index (χ0n) is 13.2. The number of amides is 2. The molecule has 23 heavy (non-hydrogen) atoms. The number of carbonyl (C=O) groups excluding carboxylic acids is 1. The average molecular weight is 349 g/mol. The number of likely N-dealkylation sites (tertiary alicyclic amines) is 1. The van der Waals surface area contributed by atoms with Crippen LogP contribution >= 0.6 is 22.9 Å². The van der Waals surface area contributed by atoms with E-state index in [4.69, 9.17) is 11.6 Å². The van der Waals surface area contributed by atoms with E-state index in [-0.39, 0.29) is 12.1 Å². The maximum Gasteiger partial charge on any atom is 0.322 e. The summed E-state index contributed by atoms with van der Waals surface area (Å²) >= 11 is 7.97. The number of hydrogen-bond acceptors (Lipinski definition) is 2. The predicted molar refractivity (Wildman–Crippen MR) is 97.4 cm³/mol. The fourth-order valence-electron chi connectivity index (χ4n) is 3.04. The van der Waals surface area contributed by atoms with Crippen LogP contribution in [0.5, 0.6) is 0 Å². The van der Waals surface area contributed by atoms with E-state index in [0.29, 0.717) is 10.7 Å². The van der Waals surface area contributed by atoms with Gasteiger partial charge in [0.25, 0.3) is 0 Å². The van der Waals surface area contributed by atoms with E-state index < -0.39 is 0 Å². The molecule has 2 aromatic rings. The van der Waals surface area contributed by atoms with Crippen molar-refractivity contribution >= 4 is 34.7 Å². The molecule has 2 amide bonds. The number of hydrogen-bond donors (Lipinski definition) is 1. The smallest absolute Gasteiger partial charge is 0.317 e. The molecule has 1 aromatic heterocycles. The highest BCUT2D eigenvalue weighted by Crippen LogP contribution is 2.33. The zero-order chi connectivity index (χ0) is 16.2. The molecule has 0 spiro atoms. The van der Waals surface area contributed by atoms with E-state index in [2.05, 4.69) is 22.8 Å². The number of benzene rings is 1. The Morgan fingerprint density at radius 1 is 1.30 bits per heavy atom. The molecule has 5 heteroatoms. The molecule has 3 rings (SSSR count). The van der Waals surface area contributed by atoms with Crippen LogP contribution < -0.4 is 5.32 Å². The van der Waals surface area contributed by atoms with Crippen molar-refractivity contribution in [2.75, 3.05) is 11.9 Å². The van der Waals surface area contributed by atoms with Crippen LogP contribution in [0.25, 0.3) is 0 Å². The van der Waals surface area contributed by atoms with Gasteiger partial charge in [-0.3, -0.25) is 0 Å². The van der Waals surface area contributed by atoms with Crippen LogP contribution in [-0.2, 0) is 0 Å². The van der Waals surface area contributed by atoms with E-state index in [0.717, 1.165) is 31.4 Å². The molecule has 0 radical (unpaired) electrons. The molecule has 1 atom stereocenters. The standard InChI is InChI=1S/C18H21ClN2OS/c1-13-8-9-15(14(19)12-13)20-18(22)21-10-4-2-3-6-16(21)17-7-5-11-23-17/h5,7-9,11-12,16H,2-4,6,10H2,1H3,(H,20,22)/t16-/m1/s1. The van der Waals surface area contributed by atoms with Crippen molar-refractivity contribution in [2.45, 2.75) is 38.6 Å². The van der Waals surface area contributed by atoms with Crippen LogP contribution in [0.2, 0.25) is 5.02 Å². The summed E-state index contributed by atoms with van der Waals surface area (Å²) in [5.74, 6) is 0. The van der Waals surface area contributed by atoms with Gasteiger partial charge in [-0.15, -0.1) is 11.3 Å². The molecule has 1 N–H and O–H groups in total. The monoisotopic (exact) mass is 348 g/mol. The lowest BCUT2D eigenvalue weighted by Crippen LogP contribution is -2.37. The molecule has 122 valence electrons. The van der Waals surface area contributed by atoms with Gasteiger partial charge in [0, 0.05) is 11.4 Å². The molecule has 1 aromatic carbocycles. The van der Waals surface area contributed by atoms with Gasteiger partial charge in [0.05, 0.1) is 16.8 Å². The van der Waals surface area contributed by atoms with Crippen LogP contribution in [0.3, 0.4) is 0 Å². The van der Waals surface area contributed by atoms with Gasteiger partial charge in [0.2, 0.25) is 0 Å². The number of nitrogens with zero attached hydrogens (tertiary/aromatic N) is 1. The van der Waals surface area contributed by atoms with E-state index >= 15 is 0 Å². The highest BCUT2D eigenvalue weighted by molar-refractivity contribution is 7.10. The van der Waals surface area contributed by atoms with Crippen molar-refractivity contribution < 1.29 is 4.79 Å². The Balaban J connectivity index is 1.80. The quantitative estimate of drug-likeness (QED) is 0.724. The van der Waals surface area contributed by atoms with E-state index in [1.807, 2.05) is 30.0 Å². The number of nitrogens with one attached hydrogen (secondary N) is 1. The normalized spacial score (nSPS) is 18.5. The molecule has 0 unspecified atom stereocenters. The largest absolute Gasteiger partial charge is 0.322 e. The van der Waals surface area contributed by atoms with Crippen molar-refractivity contribution in [2.24, 2.45) is 0 Å². The van der Waals surface area contributed by atoms with Gasteiger partial charge in [-0.05, 0) is 48.9 Å². The predicted octanol–water partition coefficient (Wildman–Crippen LogP) is 5.86. The van der Waals surface area contributed by atoms with Crippen molar-refractivity contribution in [1.29, 1.82) is 0 Å². The topological polar surface area (TPSA) is 32.3 Å². The fraction of sp³-hybridized carbons (Fsp3) is 0.389. The lowest BCUT2D eigenvalue weighted by atomic mass is 10.1. The maximum absolute atomic E-state index is 12.8. The second-order valence-electron chi connectivity index (χ2n) is 5.99. The van der Waals surface area contributed by atoms with Gasteiger partial charge < -0.3 is 10.2 Å². The van der Waals surface area contributed by atoms with E-state index in [1.54, 1.807) is 11.3 Å². The van der Waals surface area contributed by atoms with Crippen molar-refractivity contribution in [3.8, 4) is 0 Å². The summed E-state index contributed by atoms with van der Waals surface area (Å²) in [5.41, 5.74) is 1.76. The Bertz CT molecular complexity index is 672. The Morgan fingerprint density at radius 3 is 2.91 bits per heavy atom. The maximum atomic E-state index is 12.8. The third kappa shape index (κ3) is 3.88. The molecule has 0 aliphatic carbocycles. The fourth-order valence-corrected chi connectivity index (χ4v) is 4.19. The molecule has 0 bridgehead atoms. The highest BCUT2D eigenvalue weighted by atomic mass is 35.5. The first kappa shape index (κ1) is 16.3. The lowest BCUT2D eigenvalue weighted by molar-refractivity contribution is 0.190. The average Bonchev–Trinajstić information content (AvgIpc) is 2.94. The Labute approximate surface area is 146 Å². The van der Waals surface area contributed by atoms with Crippen molar-refractivity contribution in [3.05, 3.63) is 51.2 Å². The summed E-state index contributed by atoms with van der Waals surface area (Å²) in [6.07, 6.45) is 4.42. The third-order valence-corrected chi connectivity index (χ3v) is 5.54. The molecule has 3 nitrogen and oxygen atoms in total. The van der Waals surface area contributed by atoms with Gasteiger partial charge in [-0.1, -0.05) is 36.6 Å². The van der Waals surface area contributed by atoms with Crippen molar-refractivity contribution in [1.82, 2.24) is 4.90 Å². The molecule has 0 saturated carbocycles. The third-order valence-electron chi connectivity index (χ3n) is 4.25. The number of halogens is 1. The van der Waals surface area contributed by atoms with E-state index in [9.17, 15) is 4.79 Å². The number of thiophene rings is 1. The summed E-state index contributed by atoms with van der Waals surface area (Å²) in [5, 5.41) is 5.65. The number of rotatable bonds is 2. The SMILES string of the molecule is Cc1ccc(NC(=O)N2CCCCC[C@@H]2c2cccs2)c(Cl)c1. The van der Waals surface area contributed by atoms with Gasteiger partial charge >= 0.3 is 6.03 Å². The molecule has 1 fully saturated rings. The van der Waals surface area contributed by atoms with Gasteiger partial charge in [-0.2, -0.15) is 0 Å². The molecule has 2 heterocycles. The van der Waals surface area contributed by atoms with Gasteiger partial charge in [-0.25, -0.2) is 4.79 Å². The van der Waals surface area contributed by atoms with E-state index in [1.165, 1.54) is 11.3 Å². The lowest BCUT2D eigenvalue weighted by Gasteiger charge is -2.29. The minimum absolute atomic E-state index is 0.0592. The second-order valence-corrected chi connectivity index (χ2v) is 7.37. The van der Waals surface area contributed by atoms with Gasteiger partial charge in [0.15, 0.2) is 0 Å². The zero-order valence-corrected chi connectivity index (χ0v) is 14.8. The number of aryl methyl sites for hydroxylation is 1. The first-order chi connectivity index (χ1) is 11.1. The Kier molecular flexibility index (Phi) is 5.23. The summed E-state index contributed by atoms with van der Waals surface area (Å²) in [4.78, 5) is 16.1. The first-order valence-electron chi connectivity index (χ1n) is 8.02. The summed E-state index contributed by atoms with van der Waals surface area (Å²) in [6.45, 7) is 2.77. The van der Waals surface area contributed by atoms with Crippen LogP contribution in [0.1, 0.15) is 42.2 Å². The van der Waals surface area contributed by atoms with Crippen molar-refractivity contribution in [3.63, 3.8) is 0 Å². The number of carbonyl (C=O) groups is 1.